The average Bonchev–Trinajstić information content (AvgIpc) is 2.80. The van der Waals surface area contributed by atoms with Crippen LogP contribution in [0.5, 0.6) is 0 Å². The number of aliphatic hydroxyl groups is 1. The minimum absolute atomic E-state index is 0.0216. The smallest absolute Gasteiger partial charge is 0.336 e. The van der Waals surface area contributed by atoms with Gasteiger partial charge in [0.25, 0.3) is 0 Å². The largest absolute Gasteiger partial charge is 0.458 e. The van der Waals surface area contributed by atoms with Gasteiger partial charge in [0.15, 0.2) is 0 Å². The summed E-state index contributed by atoms with van der Waals surface area (Å²) in [5.41, 5.74) is 1.35. The maximum absolute atomic E-state index is 12.0. The zero-order chi connectivity index (χ0) is 17.0. The fourth-order valence-electron chi connectivity index (χ4n) is 2.79. The molecule has 3 atom stereocenters. The molecular formula is C18H22O5. The van der Waals surface area contributed by atoms with Crippen LogP contribution in [0.1, 0.15) is 26.2 Å². The van der Waals surface area contributed by atoms with Crippen LogP contribution in [0.15, 0.2) is 48.1 Å². The molecular weight excluding hydrogens is 296 g/mol. The lowest BCUT2D eigenvalue weighted by atomic mass is 9.86. The summed E-state index contributed by atoms with van der Waals surface area (Å²) >= 11 is 0. The van der Waals surface area contributed by atoms with Crippen molar-refractivity contribution in [2.75, 3.05) is 6.61 Å². The van der Waals surface area contributed by atoms with Gasteiger partial charge in [0, 0.05) is 12.0 Å². The molecule has 124 valence electrons. The van der Waals surface area contributed by atoms with Crippen molar-refractivity contribution in [2.45, 2.75) is 38.4 Å². The van der Waals surface area contributed by atoms with E-state index in [-0.39, 0.29) is 5.57 Å². The summed E-state index contributed by atoms with van der Waals surface area (Å²) in [6.45, 7) is 8.77. The van der Waals surface area contributed by atoms with Crippen LogP contribution in [0, 0.1) is 5.92 Å². The molecule has 2 rings (SSSR count). The van der Waals surface area contributed by atoms with Crippen LogP contribution >= 0.6 is 0 Å². The zero-order valence-electron chi connectivity index (χ0n) is 13.3. The molecule has 2 aliphatic rings. The third-order valence-corrected chi connectivity index (χ3v) is 4.08. The Morgan fingerprint density at radius 1 is 1.48 bits per heavy atom. The van der Waals surface area contributed by atoms with Gasteiger partial charge < -0.3 is 14.6 Å². The third kappa shape index (κ3) is 3.99. The van der Waals surface area contributed by atoms with Gasteiger partial charge in [0.1, 0.15) is 12.2 Å². The first kappa shape index (κ1) is 17.2. The molecule has 23 heavy (non-hydrogen) atoms. The second-order valence-electron chi connectivity index (χ2n) is 5.89. The molecule has 0 spiro atoms. The van der Waals surface area contributed by atoms with Crippen molar-refractivity contribution in [3.8, 4) is 0 Å². The second kappa shape index (κ2) is 7.42. The Balaban J connectivity index is 2.31. The highest BCUT2D eigenvalue weighted by Crippen LogP contribution is 2.35. The van der Waals surface area contributed by atoms with Gasteiger partial charge >= 0.3 is 11.9 Å². The van der Waals surface area contributed by atoms with Gasteiger partial charge in [-0.05, 0) is 25.8 Å². The number of allylic oxidation sites excluding steroid dienone is 2. The molecule has 0 saturated carbocycles. The summed E-state index contributed by atoms with van der Waals surface area (Å²) in [6, 6.07) is 0. The Morgan fingerprint density at radius 2 is 2.22 bits per heavy atom. The van der Waals surface area contributed by atoms with Gasteiger partial charge in [0.05, 0.1) is 18.1 Å². The molecule has 0 aromatic carbocycles. The van der Waals surface area contributed by atoms with E-state index in [1.165, 1.54) is 0 Å². The fourth-order valence-corrected chi connectivity index (χ4v) is 2.79. The highest BCUT2D eigenvalue weighted by molar-refractivity contribution is 5.92. The average molecular weight is 318 g/mol. The molecule has 1 aliphatic carbocycles. The van der Waals surface area contributed by atoms with Crippen LogP contribution < -0.4 is 0 Å². The Hall–Kier alpha value is -2.14. The predicted molar refractivity (Wildman–Crippen MR) is 85.4 cm³/mol. The molecule has 0 aromatic rings. The van der Waals surface area contributed by atoms with Crippen molar-refractivity contribution >= 4 is 11.9 Å². The van der Waals surface area contributed by atoms with E-state index in [0.717, 1.165) is 18.4 Å². The number of ether oxygens (including phenoxy) is 2. The molecule has 0 bridgehead atoms. The van der Waals surface area contributed by atoms with E-state index in [1.54, 1.807) is 0 Å². The molecule has 1 aliphatic heterocycles. The van der Waals surface area contributed by atoms with Crippen molar-refractivity contribution < 1.29 is 24.2 Å². The van der Waals surface area contributed by atoms with Crippen LogP contribution in [0.25, 0.3) is 0 Å². The van der Waals surface area contributed by atoms with Gasteiger partial charge in [-0.1, -0.05) is 30.9 Å². The van der Waals surface area contributed by atoms with E-state index in [0.29, 0.717) is 12.0 Å². The second-order valence-corrected chi connectivity index (χ2v) is 5.89. The Kier molecular flexibility index (Phi) is 5.55. The summed E-state index contributed by atoms with van der Waals surface area (Å²) in [6.07, 6.45) is 7.02. The van der Waals surface area contributed by atoms with Crippen LogP contribution in [0.2, 0.25) is 0 Å². The number of hydrogen-bond donors (Lipinski definition) is 1. The van der Waals surface area contributed by atoms with E-state index < -0.39 is 36.7 Å². The molecule has 5 nitrogen and oxygen atoms in total. The molecule has 0 unspecified atom stereocenters. The van der Waals surface area contributed by atoms with Crippen molar-refractivity contribution in [3.05, 3.63) is 48.1 Å². The first-order chi connectivity index (χ1) is 10.9. The van der Waals surface area contributed by atoms with Crippen LogP contribution in [-0.2, 0) is 19.1 Å². The van der Waals surface area contributed by atoms with Crippen LogP contribution in [-0.4, -0.2) is 35.9 Å². The maximum Gasteiger partial charge on any atom is 0.336 e. The molecule has 5 heteroatoms. The zero-order valence-corrected chi connectivity index (χ0v) is 13.3. The Morgan fingerprint density at radius 3 is 2.91 bits per heavy atom. The third-order valence-electron chi connectivity index (χ3n) is 4.08. The summed E-state index contributed by atoms with van der Waals surface area (Å²) in [5, 5.41) is 9.03. The molecule has 0 aromatic heterocycles. The highest BCUT2D eigenvalue weighted by Gasteiger charge is 2.44. The molecule has 0 amide bonds. The molecule has 1 saturated heterocycles. The van der Waals surface area contributed by atoms with E-state index in [4.69, 9.17) is 14.6 Å². The number of fused-ring (bicyclic) bond motifs is 1. The van der Waals surface area contributed by atoms with Crippen LogP contribution in [0.3, 0.4) is 0 Å². The van der Waals surface area contributed by atoms with Gasteiger partial charge in [0.2, 0.25) is 0 Å². The number of carbonyl (C=O) groups excluding carboxylic acids is 2. The van der Waals surface area contributed by atoms with Gasteiger partial charge in [-0.3, -0.25) is 0 Å². The van der Waals surface area contributed by atoms with E-state index in [2.05, 4.69) is 19.2 Å². The highest BCUT2D eigenvalue weighted by atomic mass is 16.6. The van der Waals surface area contributed by atoms with E-state index in [9.17, 15) is 9.59 Å². The van der Waals surface area contributed by atoms with Crippen molar-refractivity contribution in [1.82, 2.24) is 0 Å². The maximum atomic E-state index is 12.0. The number of rotatable bonds is 3. The lowest BCUT2D eigenvalue weighted by molar-refractivity contribution is -0.147. The van der Waals surface area contributed by atoms with Crippen molar-refractivity contribution in [1.29, 1.82) is 0 Å². The molecule has 1 heterocycles. The Bertz CT molecular complexity index is 584. The quantitative estimate of drug-likeness (QED) is 0.491. The van der Waals surface area contributed by atoms with Crippen molar-refractivity contribution in [2.24, 2.45) is 5.92 Å². The van der Waals surface area contributed by atoms with E-state index >= 15 is 0 Å². The SMILES string of the molecule is C=C(CO)C(=O)O[C@H]1C/C(C)=C/CC/C=C\[C@H]2OC(=O)C(=C)[C@H]12. The lowest BCUT2D eigenvalue weighted by Gasteiger charge is -2.27. The summed E-state index contributed by atoms with van der Waals surface area (Å²) in [4.78, 5) is 23.9. The number of aliphatic hydroxyl groups excluding tert-OH is 1. The minimum atomic E-state index is -0.669. The summed E-state index contributed by atoms with van der Waals surface area (Å²) < 4.78 is 10.8. The van der Waals surface area contributed by atoms with Crippen molar-refractivity contribution in [3.63, 3.8) is 0 Å². The van der Waals surface area contributed by atoms with Crippen LogP contribution in [0.4, 0.5) is 0 Å². The number of carbonyl (C=O) groups is 2. The monoisotopic (exact) mass is 318 g/mol. The minimum Gasteiger partial charge on any atom is -0.458 e. The topological polar surface area (TPSA) is 72.8 Å². The summed E-state index contributed by atoms with van der Waals surface area (Å²) in [7, 11) is 0. The molecule has 1 fully saturated rings. The number of esters is 2. The normalized spacial score (nSPS) is 31.4. The molecule has 0 radical (unpaired) electrons. The Labute approximate surface area is 136 Å². The van der Waals surface area contributed by atoms with Gasteiger partial charge in [-0.2, -0.15) is 0 Å². The lowest BCUT2D eigenvalue weighted by Crippen LogP contribution is -2.33. The molecule has 1 N–H and O–H groups in total. The van der Waals surface area contributed by atoms with E-state index in [1.807, 2.05) is 19.1 Å². The standard InChI is InChI=1S/C18H22O5/c1-11-7-5-4-6-8-14-16(13(3)18(21)22-14)15(9-11)23-17(20)12(2)10-19/h6-8,14-16,19H,2-5,9-10H2,1H3/b8-6-,11-7+/t14-,15+,16+/m1/s1. The first-order valence-electron chi connectivity index (χ1n) is 7.65. The van der Waals surface area contributed by atoms with Gasteiger partial charge in [-0.15, -0.1) is 0 Å². The predicted octanol–water partition coefficient (Wildman–Crippen LogP) is 2.23. The van der Waals surface area contributed by atoms with Gasteiger partial charge in [-0.25, -0.2) is 9.59 Å². The summed E-state index contributed by atoms with van der Waals surface area (Å²) in [5.74, 6) is -1.57. The first-order valence-corrected chi connectivity index (χ1v) is 7.65. The number of hydrogen-bond acceptors (Lipinski definition) is 5. The fraction of sp³-hybridized carbons (Fsp3) is 0.444.